The van der Waals surface area contributed by atoms with E-state index in [0.717, 1.165) is 18.4 Å². The molecule has 2 aliphatic rings. The highest BCUT2D eigenvalue weighted by molar-refractivity contribution is 5.69. The van der Waals surface area contributed by atoms with Gasteiger partial charge in [-0.2, -0.15) is 0 Å². The molecule has 19 heavy (non-hydrogen) atoms. The Balaban J connectivity index is 2.01. The maximum atomic E-state index is 11.1. The van der Waals surface area contributed by atoms with Gasteiger partial charge in [0, 0.05) is 17.5 Å². The smallest absolute Gasteiger partial charge is 0.303 e. The molecule has 0 bridgehead atoms. The molecular weight excluding hydrogens is 248 g/mol. The van der Waals surface area contributed by atoms with Gasteiger partial charge in [0.2, 0.25) is 6.79 Å². The monoisotopic (exact) mass is 264 g/mol. The van der Waals surface area contributed by atoms with Gasteiger partial charge in [-0.1, -0.05) is 0 Å². The fourth-order valence-corrected chi connectivity index (χ4v) is 2.62. The first-order valence-electron chi connectivity index (χ1n) is 6.38. The maximum absolute atomic E-state index is 11.1. The largest absolute Gasteiger partial charge is 0.497 e. The molecule has 1 N–H and O–H groups in total. The molecule has 1 aromatic carbocycles. The van der Waals surface area contributed by atoms with E-state index in [1.54, 1.807) is 13.2 Å². The highest BCUT2D eigenvalue weighted by Crippen LogP contribution is 2.51. The summed E-state index contributed by atoms with van der Waals surface area (Å²) in [6.07, 6.45) is 2.27. The SMILES string of the molecule is COc1cc2c(c(C(CC(=O)O)C3CC3)c1)OCO2. The third-order valence-corrected chi connectivity index (χ3v) is 3.70. The second-order valence-corrected chi connectivity index (χ2v) is 4.99. The molecule has 0 saturated heterocycles. The maximum Gasteiger partial charge on any atom is 0.303 e. The van der Waals surface area contributed by atoms with Crippen molar-refractivity contribution in [1.29, 1.82) is 0 Å². The quantitative estimate of drug-likeness (QED) is 0.884. The van der Waals surface area contributed by atoms with Crippen LogP contribution in [0, 0.1) is 5.92 Å². The van der Waals surface area contributed by atoms with Gasteiger partial charge in [-0.05, 0) is 24.8 Å². The Morgan fingerprint density at radius 3 is 2.89 bits per heavy atom. The van der Waals surface area contributed by atoms with Gasteiger partial charge in [-0.15, -0.1) is 0 Å². The Labute approximate surface area is 111 Å². The molecule has 3 rings (SSSR count). The molecule has 0 radical (unpaired) electrons. The van der Waals surface area contributed by atoms with E-state index in [9.17, 15) is 4.79 Å². The van der Waals surface area contributed by atoms with Crippen molar-refractivity contribution < 1.29 is 24.1 Å². The van der Waals surface area contributed by atoms with Crippen LogP contribution in [0.1, 0.15) is 30.7 Å². The number of carbonyl (C=O) groups is 1. The van der Waals surface area contributed by atoms with Crippen LogP contribution in [0.5, 0.6) is 17.2 Å². The molecule has 0 aromatic heterocycles. The molecule has 1 aliphatic carbocycles. The second kappa shape index (κ2) is 4.64. The molecule has 1 heterocycles. The third kappa shape index (κ3) is 2.32. The highest BCUT2D eigenvalue weighted by Gasteiger charge is 2.37. The number of benzene rings is 1. The number of carboxylic acids is 1. The molecule has 5 nitrogen and oxygen atoms in total. The van der Waals surface area contributed by atoms with E-state index in [-0.39, 0.29) is 19.1 Å². The summed E-state index contributed by atoms with van der Waals surface area (Å²) in [5.41, 5.74) is 0.900. The van der Waals surface area contributed by atoms with Crippen molar-refractivity contribution in [1.82, 2.24) is 0 Å². The number of carboxylic acid groups (broad SMARTS) is 1. The molecule has 102 valence electrons. The first-order chi connectivity index (χ1) is 9.19. The van der Waals surface area contributed by atoms with Crippen molar-refractivity contribution in [2.75, 3.05) is 13.9 Å². The fourth-order valence-electron chi connectivity index (χ4n) is 2.62. The summed E-state index contributed by atoms with van der Waals surface area (Å²) in [6, 6.07) is 3.65. The Morgan fingerprint density at radius 2 is 2.26 bits per heavy atom. The van der Waals surface area contributed by atoms with Crippen LogP contribution in [0.4, 0.5) is 0 Å². The van der Waals surface area contributed by atoms with Crippen molar-refractivity contribution >= 4 is 5.97 Å². The Kier molecular flexibility index (Phi) is 2.97. The fraction of sp³-hybridized carbons (Fsp3) is 0.500. The summed E-state index contributed by atoms with van der Waals surface area (Å²) >= 11 is 0. The van der Waals surface area contributed by atoms with Crippen molar-refractivity contribution in [3.8, 4) is 17.2 Å². The zero-order valence-corrected chi connectivity index (χ0v) is 10.7. The predicted octanol–water partition coefficient (Wildman–Crippen LogP) is 2.39. The summed E-state index contributed by atoms with van der Waals surface area (Å²) in [7, 11) is 1.59. The van der Waals surface area contributed by atoms with E-state index in [0.29, 0.717) is 23.2 Å². The number of methoxy groups -OCH3 is 1. The highest BCUT2D eigenvalue weighted by atomic mass is 16.7. The minimum absolute atomic E-state index is 0.0250. The lowest BCUT2D eigenvalue weighted by Gasteiger charge is -2.17. The van der Waals surface area contributed by atoms with Crippen LogP contribution in [0.2, 0.25) is 0 Å². The minimum atomic E-state index is -0.785. The van der Waals surface area contributed by atoms with Crippen LogP contribution in [-0.2, 0) is 4.79 Å². The van der Waals surface area contributed by atoms with Crippen LogP contribution < -0.4 is 14.2 Å². The first kappa shape index (κ1) is 12.1. The van der Waals surface area contributed by atoms with E-state index in [2.05, 4.69) is 0 Å². The Bertz CT molecular complexity index is 507. The average molecular weight is 264 g/mol. The molecule has 1 saturated carbocycles. The van der Waals surface area contributed by atoms with Gasteiger partial charge in [0.1, 0.15) is 5.75 Å². The molecule has 0 spiro atoms. The molecule has 1 aliphatic heterocycles. The number of hydrogen-bond acceptors (Lipinski definition) is 4. The van der Waals surface area contributed by atoms with Crippen LogP contribution in [0.15, 0.2) is 12.1 Å². The van der Waals surface area contributed by atoms with Crippen molar-refractivity contribution in [2.45, 2.75) is 25.2 Å². The third-order valence-electron chi connectivity index (χ3n) is 3.70. The van der Waals surface area contributed by atoms with Gasteiger partial charge >= 0.3 is 5.97 Å². The molecule has 5 heteroatoms. The van der Waals surface area contributed by atoms with Gasteiger partial charge in [0.25, 0.3) is 0 Å². The van der Waals surface area contributed by atoms with E-state index in [1.807, 2.05) is 6.07 Å². The molecule has 1 unspecified atom stereocenters. The van der Waals surface area contributed by atoms with Crippen molar-refractivity contribution in [2.24, 2.45) is 5.92 Å². The predicted molar refractivity (Wildman–Crippen MR) is 66.8 cm³/mol. The normalized spacial score (nSPS) is 18.2. The summed E-state index contributed by atoms with van der Waals surface area (Å²) in [4.78, 5) is 11.1. The summed E-state index contributed by atoms with van der Waals surface area (Å²) in [5, 5.41) is 9.09. The van der Waals surface area contributed by atoms with Gasteiger partial charge in [-0.3, -0.25) is 4.79 Å². The summed E-state index contributed by atoms with van der Waals surface area (Å²) in [5.74, 6) is 1.62. The minimum Gasteiger partial charge on any atom is -0.497 e. The van der Waals surface area contributed by atoms with Gasteiger partial charge in [0.05, 0.1) is 13.5 Å². The zero-order valence-electron chi connectivity index (χ0n) is 10.7. The summed E-state index contributed by atoms with van der Waals surface area (Å²) < 4.78 is 16.1. The Morgan fingerprint density at radius 1 is 1.47 bits per heavy atom. The Hall–Kier alpha value is -1.91. The van der Waals surface area contributed by atoms with Crippen LogP contribution in [0.3, 0.4) is 0 Å². The standard InChI is InChI=1S/C14H16O5/c1-17-9-4-11(14-12(5-9)18-7-19-14)10(6-13(15)16)8-2-3-8/h4-5,8,10H,2-3,6-7H2,1H3,(H,15,16). The lowest BCUT2D eigenvalue weighted by molar-refractivity contribution is -0.137. The topological polar surface area (TPSA) is 65.0 Å². The molecule has 1 fully saturated rings. The van der Waals surface area contributed by atoms with E-state index in [1.165, 1.54) is 0 Å². The van der Waals surface area contributed by atoms with Crippen molar-refractivity contribution in [3.05, 3.63) is 17.7 Å². The zero-order chi connectivity index (χ0) is 13.4. The number of ether oxygens (including phenoxy) is 3. The van der Waals surface area contributed by atoms with Crippen LogP contribution >= 0.6 is 0 Å². The van der Waals surface area contributed by atoms with E-state index >= 15 is 0 Å². The first-order valence-corrected chi connectivity index (χ1v) is 6.38. The number of rotatable bonds is 5. The lowest BCUT2D eigenvalue weighted by atomic mass is 9.90. The second-order valence-electron chi connectivity index (χ2n) is 4.99. The van der Waals surface area contributed by atoms with Gasteiger partial charge in [-0.25, -0.2) is 0 Å². The summed E-state index contributed by atoms with van der Waals surface area (Å²) in [6.45, 7) is 0.181. The van der Waals surface area contributed by atoms with Crippen LogP contribution in [-0.4, -0.2) is 25.0 Å². The molecule has 1 atom stereocenters. The van der Waals surface area contributed by atoms with E-state index < -0.39 is 5.97 Å². The molecule has 1 aromatic rings. The van der Waals surface area contributed by atoms with Crippen molar-refractivity contribution in [3.63, 3.8) is 0 Å². The number of fused-ring (bicyclic) bond motifs is 1. The number of hydrogen-bond donors (Lipinski definition) is 1. The van der Waals surface area contributed by atoms with Gasteiger partial charge < -0.3 is 19.3 Å². The number of aliphatic carboxylic acids is 1. The van der Waals surface area contributed by atoms with E-state index in [4.69, 9.17) is 19.3 Å². The van der Waals surface area contributed by atoms with Crippen LogP contribution in [0.25, 0.3) is 0 Å². The lowest BCUT2D eigenvalue weighted by Crippen LogP contribution is -2.09. The average Bonchev–Trinajstić information content (AvgIpc) is 3.12. The molecular formula is C14H16O5. The van der Waals surface area contributed by atoms with Gasteiger partial charge in [0.15, 0.2) is 11.5 Å². The molecule has 0 amide bonds.